The number of aliphatic hydroxyl groups excluding tert-OH is 1. The van der Waals surface area contributed by atoms with Crippen molar-refractivity contribution < 1.29 is 9.90 Å². The molecule has 10 heteroatoms. The van der Waals surface area contributed by atoms with Crippen molar-refractivity contribution in [1.29, 1.82) is 0 Å². The molecule has 0 saturated heterocycles. The summed E-state index contributed by atoms with van der Waals surface area (Å²) >= 11 is 0. The molecular formula is C24H28N8O2. The van der Waals surface area contributed by atoms with Crippen LogP contribution < -0.4 is 10.6 Å². The molecule has 0 atom stereocenters. The number of carbonyl (C=O) groups excluding carboxylic acids is 1. The molecule has 1 aromatic carbocycles. The highest BCUT2D eigenvalue weighted by molar-refractivity contribution is 5.93. The Bertz CT molecular complexity index is 1300. The number of amides is 1. The van der Waals surface area contributed by atoms with Gasteiger partial charge in [-0.3, -0.25) is 14.6 Å². The summed E-state index contributed by atoms with van der Waals surface area (Å²) in [5.41, 5.74) is 4.71. The van der Waals surface area contributed by atoms with E-state index in [0.29, 0.717) is 29.4 Å². The molecule has 0 aliphatic heterocycles. The largest absolute Gasteiger partial charge is 0.390 e. The summed E-state index contributed by atoms with van der Waals surface area (Å²) < 4.78 is 1.78. The first-order chi connectivity index (χ1) is 16.2. The molecule has 4 N–H and O–H groups in total. The third-order valence-corrected chi connectivity index (χ3v) is 5.33. The summed E-state index contributed by atoms with van der Waals surface area (Å²) in [6.45, 7) is 8.41. The molecule has 3 heterocycles. The fraction of sp³-hybridized carbons (Fsp3) is 0.292. The molecule has 176 valence electrons. The van der Waals surface area contributed by atoms with Crippen LogP contribution >= 0.6 is 0 Å². The zero-order valence-corrected chi connectivity index (χ0v) is 19.6. The van der Waals surface area contributed by atoms with Gasteiger partial charge in [-0.15, -0.1) is 0 Å². The number of rotatable bonds is 7. The number of hydrogen-bond donors (Lipinski definition) is 4. The minimum absolute atomic E-state index is 0.115. The molecule has 0 bridgehead atoms. The Morgan fingerprint density at radius 1 is 1.15 bits per heavy atom. The van der Waals surface area contributed by atoms with E-state index in [0.717, 1.165) is 22.4 Å². The van der Waals surface area contributed by atoms with Gasteiger partial charge in [0.2, 0.25) is 0 Å². The first-order valence-corrected chi connectivity index (χ1v) is 10.9. The van der Waals surface area contributed by atoms with E-state index in [1.807, 2.05) is 52.0 Å². The summed E-state index contributed by atoms with van der Waals surface area (Å²) in [6.07, 6.45) is 4.84. The van der Waals surface area contributed by atoms with Crippen LogP contribution in [-0.4, -0.2) is 41.0 Å². The Balaban J connectivity index is 1.43. The van der Waals surface area contributed by atoms with Gasteiger partial charge in [0.15, 0.2) is 5.82 Å². The summed E-state index contributed by atoms with van der Waals surface area (Å²) in [5, 5.41) is 26.3. The summed E-state index contributed by atoms with van der Waals surface area (Å²) in [7, 11) is 0. The quantitative estimate of drug-likeness (QED) is 0.332. The smallest absolute Gasteiger partial charge is 0.254 e. The Morgan fingerprint density at radius 2 is 1.97 bits per heavy atom. The molecule has 4 aromatic rings. The van der Waals surface area contributed by atoms with Crippen LogP contribution in [-0.2, 0) is 18.7 Å². The first-order valence-electron chi connectivity index (χ1n) is 10.9. The van der Waals surface area contributed by atoms with Crippen LogP contribution in [0.4, 0.5) is 11.6 Å². The third-order valence-electron chi connectivity index (χ3n) is 5.33. The molecule has 34 heavy (non-hydrogen) atoms. The minimum Gasteiger partial charge on any atom is -0.390 e. The molecular weight excluding hydrogens is 432 g/mol. The average Bonchev–Trinajstić information content (AvgIpc) is 3.48. The van der Waals surface area contributed by atoms with Crippen LogP contribution in [0.3, 0.4) is 0 Å². The van der Waals surface area contributed by atoms with E-state index in [2.05, 4.69) is 35.9 Å². The Kier molecular flexibility index (Phi) is 6.42. The first kappa shape index (κ1) is 23.1. The van der Waals surface area contributed by atoms with E-state index in [1.54, 1.807) is 23.1 Å². The van der Waals surface area contributed by atoms with Gasteiger partial charge in [-0.1, -0.05) is 12.1 Å². The highest BCUT2D eigenvalue weighted by atomic mass is 16.3. The average molecular weight is 461 g/mol. The van der Waals surface area contributed by atoms with Crippen molar-refractivity contribution in [3.63, 3.8) is 0 Å². The molecule has 0 saturated carbocycles. The van der Waals surface area contributed by atoms with E-state index in [-0.39, 0.29) is 18.1 Å². The number of aliphatic hydroxyl groups is 1. The standard InChI is InChI=1S/C24H28N8O2/c1-15-7-16(20-9-21(27-14-26-20)29-22-8-19(13-33)30-31-22)5-6-17(15)10-25-23(34)18-11-28-32(12-18)24(2,3)4/h5-9,11-12,14,33H,10,13H2,1-4H3,(H,25,34)(H2,26,27,29,30,31). The Labute approximate surface area is 197 Å². The molecule has 0 unspecified atom stereocenters. The predicted octanol–water partition coefficient (Wildman–Crippen LogP) is 3.29. The van der Waals surface area contributed by atoms with Crippen molar-refractivity contribution >= 4 is 17.5 Å². The molecule has 0 aliphatic carbocycles. The molecule has 0 fully saturated rings. The lowest BCUT2D eigenvalue weighted by molar-refractivity contribution is 0.0950. The Hall–Kier alpha value is -4.05. The van der Waals surface area contributed by atoms with Crippen LogP contribution in [0.2, 0.25) is 0 Å². The van der Waals surface area contributed by atoms with Crippen LogP contribution in [0.5, 0.6) is 0 Å². The van der Waals surface area contributed by atoms with Gasteiger partial charge in [-0.2, -0.15) is 10.2 Å². The molecule has 3 aromatic heterocycles. The number of anilines is 2. The van der Waals surface area contributed by atoms with Crippen LogP contribution in [0.25, 0.3) is 11.3 Å². The van der Waals surface area contributed by atoms with Crippen molar-refractivity contribution in [3.05, 3.63) is 71.4 Å². The second-order valence-corrected chi connectivity index (χ2v) is 9.02. The third kappa shape index (κ3) is 5.29. The maximum absolute atomic E-state index is 12.6. The number of H-pyrrole nitrogens is 1. The lowest BCUT2D eigenvalue weighted by Gasteiger charge is -2.18. The lowest BCUT2D eigenvalue weighted by Crippen LogP contribution is -2.24. The van der Waals surface area contributed by atoms with Gasteiger partial charge >= 0.3 is 0 Å². The molecule has 10 nitrogen and oxygen atoms in total. The lowest BCUT2D eigenvalue weighted by atomic mass is 10.0. The number of nitrogens with zero attached hydrogens (tertiary/aromatic N) is 5. The van der Waals surface area contributed by atoms with Crippen molar-refractivity contribution in [2.45, 2.75) is 46.4 Å². The van der Waals surface area contributed by atoms with Crippen molar-refractivity contribution in [2.24, 2.45) is 0 Å². The van der Waals surface area contributed by atoms with Crippen molar-refractivity contribution in [3.8, 4) is 11.3 Å². The van der Waals surface area contributed by atoms with Gasteiger partial charge in [-0.25, -0.2) is 9.97 Å². The fourth-order valence-electron chi connectivity index (χ4n) is 3.36. The molecule has 0 aliphatic rings. The Morgan fingerprint density at radius 3 is 2.65 bits per heavy atom. The van der Waals surface area contributed by atoms with Crippen molar-refractivity contribution in [1.82, 2.24) is 35.3 Å². The number of benzene rings is 1. The topological polar surface area (TPSA) is 134 Å². The van der Waals surface area contributed by atoms with Crippen LogP contribution in [0.15, 0.2) is 49.1 Å². The van der Waals surface area contributed by atoms with Gasteiger partial charge in [-0.05, 0) is 44.9 Å². The summed E-state index contributed by atoms with van der Waals surface area (Å²) in [4.78, 5) is 21.2. The molecule has 0 radical (unpaired) electrons. The maximum Gasteiger partial charge on any atom is 0.254 e. The number of aromatic nitrogens is 6. The number of carbonyl (C=O) groups is 1. The molecule has 1 amide bonds. The van der Waals surface area contributed by atoms with Gasteiger partial charge in [0, 0.05) is 30.4 Å². The van der Waals surface area contributed by atoms with E-state index < -0.39 is 0 Å². The summed E-state index contributed by atoms with van der Waals surface area (Å²) in [6, 6.07) is 9.53. The zero-order chi connectivity index (χ0) is 24.3. The minimum atomic E-state index is -0.179. The van der Waals surface area contributed by atoms with Crippen LogP contribution in [0.1, 0.15) is 48.0 Å². The predicted molar refractivity (Wildman–Crippen MR) is 128 cm³/mol. The summed E-state index contributed by atoms with van der Waals surface area (Å²) in [5.74, 6) is 0.989. The normalized spacial score (nSPS) is 11.4. The van der Waals surface area contributed by atoms with E-state index >= 15 is 0 Å². The van der Waals surface area contributed by atoms with Gasteiger partial charge in [0.25, 0.3) is 5.91 Å². The SMILES string of the molecule is Cc1cc(-c2cc(Nc3cc(CO)[nH]n3)ncn2)ccc1CNC(=O)c1cnn(C(C)(C)C)c1. The van der Waals surface area contributed by atoms with Gasteiger partial charge in [0.05, 0.1) is 35.3 Å². The second kappa shape index (κ2) is 9.44. The van der Waals surface area contributed by atoms with E-state index in [1.165, 1.54) is 6.33 Å². The molecule has 4 rings (SSSR count). The van der Waals surface area contributed by atoms with Gasteiger partial charge < -0.3 is 15.7 Å². The monoisotopic (exact) mass is 460 g/mol. The maximum atomic E-state index is 12.6. The zero-order valence-electron chi connectivity index (χ0n) is 19.6. The van der Waals surface area contributed by atoms with E-state index in [9.17, 15) is 4.79 Å². The fourth-order valence-corrected chi connectivity index (χ4v) is 3.36. The van der Waals surface area contributed by atoms with Gasteiger partial charge in [0.1, 0.15) is 12.1 Å². The number of aryl methyl sites for hydroxylation is 1. The van der Waals surface area contributed by atoms with E-state index in [4.69, 9.17) is 5.11 Å². The highest BCUT2D eigenvalue weighted by Gasteiger charge is 2.17. The van der Waals surface area contributed by atoms with Crippen molar-refractivity contribution in [2.75, 3.05) is 5.32 Å². The number of hydrogen-bond acceptors (Lipinski definition) is 7. The number of aromatic amines is 1. The number of nitrogens with one attached hydrogen (secondary N) is 3. The second-order valence-electron chi connectivity index (χ2n) is 9.02. The highest BCUT2D eigenvalue weighted by Crippen LogP contribution is 2.23. The van der Waals surface area contributed by atoms with Crippen LogP contribution in [0, 0.1) is 6.92 Å². The molecule has 0 spiro atoms.